The van der Waals surface area contributed by atoms with Gasteiger partial charge in [-0.25, -0.2) is 59.4 Å². The first-order chi connectivity index (χ1) is 70.4. The minimum Gasteiger partial charge on any atom is -0.481 e. The third-order valence-electron chi connectivity index (χ3n) is 21.4. The minimum atomic E-state index is -0.964. The summed E-state index contributed by atoms with van der Waals surface area (Å²) in [6, 6.07) is 53.3. The summed E-state index contributed by atoms with van der Waals surface area (Å²) in [5.74, 6) is 1.20. The predicted molar refractivity (Wildman–Crippen MR) is 584 cm³/mol. The topological polar surface area (TPSA) is 521 Å². The number of aryl methyl sites for hydroxylation is 5. The first-order valence-electron chi connectivity index (χ1n) is 46.3. The van der Waals surface area contributed by atoms with Gasteiger partial charge in [-0.3, -0.25) is 38.4 Å². The average Bonchev–Trinajstić information content (AvgIpc) is 1.66. The maximum atomic E-state index is 11.3. The Kier molecular flexibility index (Phi) is 39.8. The molecule has 0 saturated carbocycles. The van der Waals surface area contributed by atoms with Crippen molar-refractivity contribution in [2.45, 2.75) is 154 Å². The Labute approximate surface area is 868 Å². The summed E-state index contributed by atoms with van der Waals surface area (Å²) in [5, 5.41) is 79.0. The third kappa shape index (κ3) is 32.3. The number of hydrogen-bond donors (Lipinski definition) is 15. The van der Waals surface area contributed by atoms with Gasteiger partial charge in [0.2, 0.25) is 29.5 Å². The molecule has 5 aromatic carbocycles. The number of carbonyl (C=O) groups excluding carboxylic acids is 5. The van der Waals surface area contributed by atoms with Gasteiger partial charge >= 0.3 is 29.8 Å². The van der Waals surface area contributed by atoms with E-state index >= 15 is 0 Å². The van der Waals surface area contributed by atoms with Crippen molar-refractivity contribution in [1.29, 1.82) is 0 Å². The molecule has 15 rings (SSSR count). The van der Waals surface area contributed by atoms with Crippen LogP contribution in [0.5, 0.6) is 0 Å². The SMILES string of the molecule is C=CCc1c(C)nc(-c2ccc(NC(C)=O)s2)nc1Nc1ccc(CC(=O)O)cc1.C=CCc1c(CC)nc(-c2ccc(NC(C)=O)s2)nc1Nc1ccc(CC(=O)O)cc1.CCc1c(C)nc(-c2ccc(NC(C)=O)s2)nc1Nc1ccc(C(=O)O)cc1.CCc1c(C)nc(-c2ccc(NC(C)=O)s2)nc1Nc1ccc(CC(=O)O)cc1.CCc1nc(-c2ccc(NC(C)=O)s2)nc(Nc2ccc(C(=O)O)cc2)c1CC. The van der Waals surface area contributed by atoms with Crippen LogP contribution in [0.25, 0.3) is 53.5 Å². The van der Waals surface area contributed by atoms with Crippen LogP contribution in [0.4, 0.5) is 82.5 Å². The second kappa shape index (κ2) is 53.0. The molecule has 0 spiro atoms. The lowest BCUT2D eigenvalue weighted by Crippen LogP contribution is -2.07. The number of hydrogen-bond acceptors (Lipinski definition) is 30. The summed E-state index contributed by atoms with van der Waals surface area (Å²) in [4.78, 5) is 162. The zero-order valence-electron chi connectivity index (χ0n) is 82.8. The summed E-state index contributed by atoms with van der Waals surface area (Å²) in [6.45, 7) is 31.1. The van der Waals surface area contributed by atoms with Gasteiger partial charge < -0.3 is 78.7 Å². The van der Waals surface area contributed by atoms with E-state index in [-0.39, 0.29) is 59.9 Å². The van der Waals surface area contributed by atoms with Gasteiger partial charge in [0.15, 0.2) is 29.1 Å². The predicted octanol–water partition coefficient (Wildman–Crippen LogP) is 23.0. The molecule has 0 aliphatic rings. The van der Waals surface area contributed by atoms with Gasteiger partial charge in [0, 0.05) is 119 Å². The number of carbonyl (C=O) groups is 10. The Bertz CT molecular complexity index is 7310. The molecule has 0 aliphatic carbocycles. The summed E-state index contributed by atoms with van der Waals surface area (Å²) < 4.78 is 0. The van der Waals surface area contributed by atoms with Gasteiger partial charge in [0.05, 0.1) is 79.8 Å². The molecule has 5 amide bonds. The number of thiophene rings is 5. The molecule has 15 aromatic rings. The molecule has 147 heavy (non-hydrogen) atoms. The maximum Gasteiger partial charge on any atom is 0.335 e. The lowest BCUT2D eigenvalue weighted by molar-refractivity contribution is -0.137. The van der Waals surface area contributed by atoms with Crippen molar-refractivity contribution < 1.29 is 73.5 Å². The smallest absolute Gasteiger partial charge is 0.335 e. The number of carboxylic acids is 5. The van der Waals surface area contributed by atoms with E-state index in [9.17, 15) is 47.9 Å². The molecule has 0 saturated heterocycles. The van der Waals surface area contributed by atoms with Crippen molar-refractivity contribution in [3.05, 3.63) is 291 Å². The lowest BCUT2D eigenvalue weighted by atomic mass is 10.1. The van der Waals surface area contributed by atoms with E-state index in [0.717, 1.165) is 189 Å². The molecule has 35 nitrogen and oxygen atoms in total. The fourth-order valence-corrected chi connectivity index (χ4v) is 19.1. The van der Waals surface area contributed by atoms with E-state index in [0.29, 0.717) is 65.2 Å². The number of anilines is 15. The van der Waals surface area contributed by atoms with Crippen molar-refractivity contribution in [2.75, 3.05) is 53.2 Å². The van der Waals surface area contributed by atoms with Crippen LogP contribution in [0.3, 0.4) is 0 Å². The molecule has 0 bridgehead atoms. The first kappa shape index (κ1) is 111. The quantitative estimate of drug-likeness (QED) is 0.0161. The zero-order valence-corrected chi connectivity index (χ0v) is 86.9. The molecular formula is C107H110N20O15S5. The number of nitrogens with zero attached hydrogens (tertiary/aromatic N) is 10. The van der Waals surface area contributed by atoms with Crippen molar-refractivity contribution in [2.24, 2.45) is 0 Å². The van der Waals surface area contributed by atoms with Crippen molar-refractivity contribution in [3.8, 4) is 53.5 Å². The molecule has 0 fully saturated rings. The number of benzene rings is 5. The number of allylic oxidation sites excluding steroid dienone is 2. The minimum absolute atomic E-state index is 0.00768. The van der Waals surface area contributed by atoms with Gasteiger partial charge in [-0.1, -0.05) is 83.2 Å². The number of amides is 5. The fraction of sp³-hybridized carbons (Fsp3) is 0.215. The van der Waals surface area contributed by atoms with Gasteiger partial charge in [0.25, 0.3) is 0 Å². The summed E-state index contributed by atoms with van der Waals surface area (Å²) in [6.07, 6.45) is 8.57. The van der Waals surface area contributed by atoms with Crippen molar-refractivity contribution in [1.82, 2.24) is 49.8 Å². The largest absolute Gasteiger partial charge is 0.481 e. The Morgan fingerprint density at radius 3 is 0.721 bits per heavy atom. The van der Waals surface area contributed by atoms with Crippen LogP contribution >= 0.6 is 56.7 Å². The first-order valence-corrected chi connectivity index (χ1v) is 50.4. The second-order valence-corrected chi connectivity index (χ2v) is 38.1. The molecule has 10 heterocycles. The highest BCUT2D eigenvalue weighted by Gasteiger charge is 2.24. The number of aliphatic carboxylic acids is 3. The number of aromatic carboxylic acids is 2. The van der Waals surface area contributed by atoms with Crippen LogP contribution in [-0.4, -0.2) is 135 Å². The molecule has 0 unspecified atom stereocenters. The van der Waals surface area contributed by atoms with Gasteiger partial charge in [0.1, 0.15) is 29.1 Å². The molecule has 758 valence electrons. The number of rotatable bonds is 37. The average molecular weight is 2080 g/mol. The van der Waals surface area contributed by atoms with Gasteiger partial charge in [-0.15, -0.1) is 69.8 Å². The highest BCUT2D eigenvalue weighted by atomic mass is 32.1. The highest BCUT2D eigenvalue weighted by Crippen LogP contribution is 2.40. The standard InChI is InChI=1S/C23H24N4O3S.C22H22N4O3S.2C21H22N4O3S.C20H20N4O3S/c1-4-6-17-18(5-2)26-23(19-11-12-20(31-19)24-14(3)28)27-22(17)25-16-9-7-15(8-10-16)13-21(29)30;1-4-5-17-13(2)23-22(18-10-11-19(30-18)24-14(3)27)26-21(17)25-16-8-6-15(7-9-16)12-20(28)29;1-4-16-12(2)22-21(17-9-10-18(29-17)23-13(3)26)25-20(16)24-15-7-5-14(6-8-15)11-19(27)28;1-4-15-16(5-2)24-20(17-10-11-18(29-17)22-12(3)26)25-19(15)23-14-8-6-13(7-9-14)21(27)28;1-4-15-11(2)21-19(16-9-10-17(28-16)22-12(3)25)24-18(15)23-14-7-5-13(6-8-14)20(26)27/h4,7-12H,1,5-6,13H2,2-3H3,(H,24,28)(H,29,30)(H,25,26,27);4,6-11H,1,5,12H2,2-3H3,(H,24,27)(H,28,29)(H,23,25,26);5-10H,4,11H2,1-3H3,(H,23,26)(H,27,28)(H,22,24,25);6-11H,4-5H2,1-3H3,(H,22,26)(H,27,28)(H,23,24,25);5-10H,4H2,1-3H3,(H,22,25)(H,26,27)(H,21,23,24). The third-order valence-corrected chi connectivity index (χ3v) is 26.4. The van der Waals surface area contributed by atoms with Crippen LogP contribution in [-0.2, 0) is 103 Å². The second-order valence-electron chi connectivity index (χ2n) is 32.7. The van der Waals surface area contributed by atoms with Crippen molar-refractivity contribution >= 4 is 199 Å². The highest BCUT2D eigenvalue weighted by molar-refractivity contribution is 7.21. The van der Waals surface area contributed by atoms with Crippen molar-refractivity contribution in [3.63, 3.8) is 0 Å². The van der Waals surface area contributed by atoms with Crippen LogP contribution in [0.2, 0.25) is 0 Å². The zero-order chi connectivity index (χ0) is 106. The molecule has 40 heteroatoms. The Morgan fingerprint density at radius 1 is 0.272 bits per heavy atom. The van der Waals surface area contributed by atoms with Crippen LogP contribution in [0.15, 0.2) is 207 Å². The lowest BCUT2D eigenvalue weighted by Gasteiger charge is -2.15. The number of carboxylic acid groups (broad SMARTS) is 5. The summed E-state index contributed by atoms with van der Waals surface area (Å²) in [7, 11) is 0. The normalized spacial score (nSPS) is 10.5. The number of aromatic nitrogens is 10. The van der Waals surface area contributed by atoms with E-state index in [2.05, 4.69) is 93.2 Å². The van der Waals surface area contributed by atoms with E-state index in [1.165, 1.54) is 91.3 Å². The van der Waals surface area contributed by atoms with Gasteiger partial charge in [-0.2, -0.15) is 0 Å². The Balaban J connectivity index is 0.000000175. The fourth-order valence-electron chi connectivity index (χ4n) is 14.7. The van der Waals surface area contributed by atoms with E-state index in [1.54, 1.807) is 91.0 Å². The molecule has 0 atom stereocenters. The van der Waals surface area contributed by atoms with Crippen LogP contribution in [0.1, 0.15) is 163 Å². The van der Waals surface area contributed by atoms with Gasteiger partial charge in [-0.05, 0) is 228 Å². The van der Waals surface area contributed by atoms with Crippen LogP contribution < -0.4 is 53.2 Å². The van der Waals surface area contributed by atoms with E-state index in [4.69, 9.17) is 55.4 Å². The molecule has 0 radical (unpaired) electrons. The Morgan fingerprint density at radius 2 is 0.490 bits per heavy atom. The van der Waals surface area contributed by atoms with E-state index in [1.807, 2.05) is 152 Å². The summed E-state index contributed by atoms with van der Waals surface area (Å²) in [5.41, 5.74) is 16.0. The monoisotopic (exact) mass is 2070 g/mol. The molecule has 10 aromatic heterocycles. The Hall–Kier alpha value is -16.8. The molecule has 15 N–H and O–H groups in total. The van der Waals surface area contributed by atoms with Crippen LogP contribution in [0, 0.1) is 20.8 Å². The molecular weight excluding hydrogens is 1970 g/mol. The number of nitrogens with one attached hydrogen (secondary N) is 10. The maximum absolute atomic E-state index is 11.3. The van der Waals surface area contributed by atoms with E-state index < -0.39 is 29.8 Å². The molecule has 0 aliphatic heterocycles. The summed E-state index contributed by atoms with van der Waals surface area (Å²) >= 11 is 7.06.